The molecule has 1 aliphatic rings. The third kappa shape index (κ3) is 2.99. The van der Waals surface area contributed by atoms with Crippen molar-refractivity contribution >= 4 is 11.6 Å². The Bertz CT molecular complexity index is 592. The molecule has 1 heterocycles. The van der Waals surface area contributed by atoms with E-state index in [4.69, 9.17) is 16.0 Å². The molecule has 1 fully saturated rings. The highest BCUT2D eigenvalue weighted by Crippen LogP contribution is 2.31. The van der Waals surface area contributed by atoms with Crippen molar-refractivity contribution in [2.45, 2.75) is 38.9 Å². The predicted molar refractivity (Wildman–Crippen MR) is 72.7 cm³/mol. The van der Waals surface area contributed by atoms with Crippen molar-refractivity contribution in [1.82, 2.24) is 15.1 Å². The molecule has 0 bridgehead atoms. The maximum Gasteiger partial charge on any atom is 0.230 e. The van der Waals surface area contributed by atoms with Crippen molar-refractivity contribution in [3.8, 4) is 0 Å². The van der Waals surface area contributed by atoms with Crippen LogP contribution in [0.2, 0.25) is 5.02 Å². The van der Waals surface area contributed by atoms with Gasteiger partial charge in [-0.2, -0.15) is 0 Å². The summed E-state index contributed by atoms with van der Waals surface area (Å²) >= 11 is 6.09. The zero-order valence-corrected chi connectivity index (χ0v) is 11.9. The van der Waals surface area contributed by atoms with Crippen molar-refractivity contribution < 1.29 is 8.81 Å². The zero-order chi connectivity index (χ0) is 14.1. The highest BCUT2D eigenvalue weighted by molar-refractivity contribution is 6.31. The van der Waals surface area contributed by atoms with E-state index in [-0.39, 0.29) is 5.82 Å². The second kappa shape index (κ2) is 5.50. The molecule has 0 atom stereocenters. The standard InChI is InChI=1S/C14H15ClFN3O/c1-9-17-18-14(20-9)8-19(10-5-6-10)7-11-12(15)3-2-4-13(11)16/h2-4,10H,5-8H2,1H3. The summed E-state index contributed by atoms with van der Waals surface area (Å²) in [6.45, 7) is 2.74. The van der Waals surface area contributed by atoms with E-state index in [0.29, 0.717) is 41.5 Å². The first-order valence-corrected chi connectivity index (χ1v) is 6.97. The smallest absolute Gasteiger partial charge is 0.230 e. The monoisotopic (exact) mass is 295 g/mol. The maximum absolute atomic E-state index is 13.9. The highest BCUT2D eigenvalue weighted by Gasteiger charge is 2.31. The van der Waals surface area contributed by atoms with Gasteiger partial charge in [0.25, 0.3) is 0 Å². The molecule has 4 nitrogen and oxygen atoms in total. The molecule has 1 aliphatic carbocycles. The summed E-state index contributed by atoms with van der Waals surface area (Å²) in [5.74, 6) is 0.825. The largest absolute Gasteiger partial charge is 0.424 e. The lowest BCUT2D eigenvalue weighted by atomic mass is 10.2. The molecule has 0 N–H and O–H groups in total. The summed E-state index contributed by atoms with van der Waals surface area (Å²) in [4.78, 5) is 2.14. The van der Waals surface area contributed by atoms with Gasteiger partial charge in [-0.1, -0.05) is 17.7 Å². The van der Waals surface area contributed by atoms with E-state index in [1.165, 1.54) is 6.07 Å². The van der Waals surface area contributed by atoms with Gasteiger partial charge in [-0.25, -0.2) is 4.39 Å². The summed E-state index contributed by atoms with van der Waals surface area (Å²) < 4.78 is 19.3. The van der Waals surface area contributed by atoms with Crippen LogP contribution in [-0.2, 0) is 13.1 Å². The minimum atomic E-state index is -0.273. The average Bonchev–Trinajstić information content (AvgIpc) is 3.17. The van der Waals surface area contributed by atoms with Gasteiger partial charge in [-0.3, -0.25) is 4.90 Å². The lowest BCUT2D eigenvalue weighted by Gasteiger charge is -2.21. The molecule has 0 unspecified atom stereocenters. The number of aryl methyl sites for hydroxylation is 1. The van der Waals surface area contributed by atoms with E-state index in [9.17, 15) is 4.39 Å². The maximum atomic E-state index is 13.9. The summed E-state index contributed by atoms with van der Waals surface area (Å²) in [7, 11) is 0. The Morgan fingerprint density at radius 3 is 2.75 bits per heavy atom. The molecule has 0 spiro atoms. The molecule has 0 radical (unpaired) electrons. The lowest BCUT2D eigenvalue weighted by Crippen LogP contribution is -2.26. The van der Waals surface area contributed by atoms with E-state index in [1.807, 2.05) is 0 Å². The molecule has 0 aliphatic heterocycles. The number of hydrogen-bond donors (Lipinski definition) is 0. The van der Waals surface area contributed by atoms with E-state index in [2.05, 4.69) is 15.1 Å². The van der Waals surface area contributed by atoms with Crippen LogP contribution < -0.4 is 0 Å². The summed E-state index contributed by atoms with van der Waals surface area (Å²) in [5.41, 5.74) is 0.525. The first kappa shape index (κ1) is 13.5. The van der Waals surface area contributed by atoms with Crippen LogP contribution >= 0.6 is 11.6 Å². The molecule has 0 saturated heterocycles. The SMILES string of the molecule is Cc1nnc(CN(Cc2c(F)cccc2Cl)C2CC2)o1. The van der Waals surface area contributed by atoms with Crippen molar-refractivity contribution in [2.75, 3.05) is 0 Å². The van der Waals surface area contributed by atoms with E-state index < -0.39 is 0 Å². The number of rotatable bonds is 5. The number of benzene rings is 1. The van der Waals surface area contributed by atoms with Crippen LogP contribution in [0.5, 0.6) is 0 Å². The molecule has 106 valence electrons. The van der Waals surface area contributed by atoms with Crippen LogP contribution in [0.25, 0.3) is 0 Å². The van der Waals surface area contributed by atoms with Gasteiger partial charge in [0.1, 0.15) is 5.82 Å². The second-order valence-electron chi connectivity index (χ2n) is 5.05. The predicted octanol–water partition coefficient (Wildman–Crippen LogP) is 3.34. The van der Waals surface area contributed by atoms with Crippen molar-refractivity contribution in [1.29, 1.82) is 0 Å². The summed E-state index contributed by atoms with van der Waals surface area (Å²) in [6.07, 6.45) is 2.22. The summed E-state index contributed by atoms with van der Waals surface area (Å²) in [5, 5.41) is 8.27. The van der Waals surface area contributed by atoms with Gasteiger partial charge in [0.05, 0.1) is 6.54 Å². The molecule has 0 amide bonds. The Morgan fingerprint density at radius 1 is 1.35 bits per heavy atom. The minimum absolute atomic E-state index is 0.273. The number of nitrogens with zero attached hydrogens (tertiary/aromatic N) is 3. The van der Waals surface area contributed by atoms with Gasteiger partial charge in [0.15, 0.2) is 0 Å². The van der Waals surface area contributed by atoms with Gasteiger partial charge in [0.2, 0.25) is 11.8 Å². The fourth-order valence-corrected chi connectivity index (χ4v) is 2.44. The van der Waals surface area contributed by atoms with Gasteiger partial charge in [-0.15, -0.1) is 10.2 Å². The van der Waals surface area contributed by atoms with Crippen LogP contribution in [-0.4, -0.2) is 21.1 Å². The average molecular weight is 296 g/mol. The second-order valence-corrected chi connectivity index (χ2v) is 5.46. The van der Waals surface area contributed by atoms with Gasteiger partial charge < -0.3 is 4.42 Å². The Morgan fingerprint density at radius 2 is 2.15 bits per heavy atom. The van der Waals surface area contributed by atoms with Gasteiger partial charge in [-0.05, 0) is 25.0 Å². The molecular weight excluding hydrogens is 281 g/mol. The molecule has 1 aromatic heterocycles. The molecule has 2 aromatic rings. The van der Waals surface area contributed by atoms with E-state index >= 15 is 0 Å². The van der Waals surface area contributed by atoms with Gasteiger partial charge in [0, 0.05) is 30.1 Å². The topological polar surface area (TPSA) is 42.2 Å². The Balaban J connectivity index is 1.78. The zero-order valence-electron chi connectivity index (χ0n) is 11.1. The molecule has 20 heavy (non-hydrogen) atoms. The van der Waals surface area contributed by atoms with Crippen LogP contribution in [0.15, 0.2) is 22.6 Å². The van der Waals surface area contributed by atoms with Crippen LogP contribution in [0.4, 0.5) is 4.39 Å². The van der Waals surface area contributed by atoms with Crippen molar-refractivity contribution in [2.24, 2.45) is 0 Å². The molecule has 3 rings (SSSR count). The third-order valence-corrected chi connectivity index (χ3v) is 3.75. The van der Waals surface area contributed by atoms with Crippen molar-refractivity contribution in [3.05, 3.63) is 46.4 Å². The van der Waals surface area contributed by atoms with E-state index in [1.54, 1.807) is 19.1 Å². The number of aromatic nitrogens is 2. The normalized spacial score (nSPS) is 15.0. The number of halogens is 2. The fraction of sp³-hybridized carbons (Fsp3) is 0.429. The first-order valence-electron chi connectivity index (χ1n) is 6.59. The quantitative estimate of drug-likeness (QED) is 0.848. The Kier molecular flexibility index (Phi) is 3.72. The van der Waals surface area contributed by atoms with Crippen LogP contribution in [0.1, 0.15) is 30.2 Å². The van der Waals surface area contributed by atoms with E-state index in [0.717, 1.165) is 12.8 Å². The molecule has 1 saturated carbocycles. The fourth-order valence-electron chi connectivity index (χ4n) is 2.22. The van der Waals surface area contributed by atoms with Crippen molar-refractivity contribution in [3.63, 3.8) is 0 Å². The summed E-state index contributed by atoms with van der Waals surface area (Å²) in [6, 6.07) is 5.20. The molecular formula is C14H15ClFN3O. The van der Waals surface area contributed by atoms with Gasteiger partial charge >= 0.3 is 0 Å². The third-order valence-electron chi connectivity index (χ3n) is 3.39. The lowest BCUT2D eigenvalue weighted by molar-refractivity contribution is 0.216. The first-order chi connectivity index (χ1) is 9.63. The van der Waals surface area contributed by atoms with Crippen LogP contribution in [0.3, 0.4) is 0 Å². The molecule has 1 aromatic carbocycles. The molecule has 6 heteroatoms. The Hall–Kier alpha value is -1.46. The Labute approximate surface area is 121 Å². The highest BCUT2D eigenvalue weighted by atomic mass is 35.5. The number of hydrogen-bond acceptors (Lipinski definition) is 4. The van der Waals surface area contributed by atoms with Crippen LogP contribution in [0, 0.1) is 12.7 Å². The minimum Gasteiger partial charge on any atom is -0.424 e.